The number of carbonyl (C=O) groups excluding carboxylic acids is 1. The number of halogens is 2. The quantitative estimate of drug-likeness (QED) is 0.293. The van der Waals surface area contributed by atoms with Crippen LogP contribution in [0.1, 0.15) is 38.8 Å². The number of hydrogen-bond acceptors (Lipinski definition) is 5. The lowest BCUT2D eigenvalue weighted by molar-refractivity contribution is 0.0746. The van der Waals surface area contributed by atoms with Crippen LogP contribution in [0.4, 0.5) is 0 Å². The molecule has 7 nitrogen and oxygen atoms in total. The van der Waals surface area contributed by atoms with E-state index in [0.29, 0.717) is 57.0 Å². The lowest BCUT2D eigenvalue weighted by Crippen LogP contribution is -2.31. The molecule has 1 atom stereocenters. The molecule has 1 amide bonds. The number of nitrogens with zero attached hydrogens (tertiary/aromatic N) is 2. The summed E-state index contributed by atoms with van der Waals surface area (Å²) in [7, 11) is 3.19. The molecule has 0 bridgehead atoms. The number of phenols is 1. The standard InChI is InChI=1S/C28H25Cl2N3O4/c1-15-12-21(34)19(14-20(15)30)25-24-26(32-31-25)28(35)33(27(24)17-5-7-18(29)8-6-17)11-10-16-4-9-22(36-2)23(13-16)37-3/h4-9,12-14,27,34H,10-11H2,1-3H3,(H,31,32)/t27-/m0/s1. The van der Waals surface area contributed by atoms with Crippen LogP contribution in [0.2, 0.25) is 10.0 Å². The fraction of sp³-hybridized carbons (Fsp3) is 0.214. The van der Waals surface area contributed by atoms with E-state index in [1.54, 1.807) is 43.4 Å². The van der Waals surface area contributed by atoms with Crippen molar-refractivity contribution in [2.45, 2.75) is 19.4 Å². The number of nitrogens with one attached hydrogen (secondary N) is 1. The van der Waals surface area contributed by atoms with Crippen molar-refractivity contribution in [1.82, 2.24) is 15.1 Å². The predicted molar refractivity (Wildman–Crippen MR) is 143 cm³/mol. The number of ether oxygens (including phenoxy) is 2. The van der Waals surface area contributed by atoms with Crippen LogP contribution in [0.15, 0.2) is 54.6 Å². The number of benzene rings is 3. The minimum absolute atomic E-state index is 0.0438. The molecule has 0 fully saturated rings. The molecule has 2 heterocycles. The van der Waals surface area contributed by atoms with Crippen LogP contribution in [-0.2, 0) is 6.42 Å². The average molecular weight is 538 g/mol. The van der Waals surface area contributed by atoms with Gasteiger partial charge in [-0.3, -0.25) is 9.89 Å². The topological polar surface area (TPSA) is 87.7 Å². The molecule has 4 aromatic rings. The van der Waals surface area contributed by atoms with Crippen LogP contribution >= 0.6 is 23.2 Å². The highest BCUT2D eigenvalue weighted by Crippen LogP contribution is 2.45. The first-order valence-electron chi connectivity index (χ1n) is 11.7. The fourth-order valence-corrected chi connectivity index (χ4v) is 5.06. The van der Waals surface area contributed by atoms with Crippen molar-refractivity contribution in [3.8, 4) is 28.5 Å². The highest BCUT2D eigenvalue weighted by Gasteiger charge is 2.42. The van der Waals surface area contributed by atoms with Crippen molar-refractivity contribution < 1.29 is 19.4 Å². The molecule has 0 aliphatic carbocycles. The van der Waals surface area contributed by atoms with Gasteiger partial charge in [-0.25, -0.2) is 0 Å². The highest BCUT2D eigenvalue weighted by molar-refractivity contribution is 6.31. The van der Waals surface area contributed by atoms with Crippen molar-refractivity contribution in [3.05, 3.63) is 92.6 Å². The molecule has 1 aromatic heterocycles. The summed E-state index contributed by atoms with van der Waals surface area (Å²) in [5, 5.41) is 19.2. The van der Waals surface area contributed by atoms with Crippen molar-refractivity contribution in [1.29, 1.82) is 0 Å². The van der Waals surface area contributed by atoms with Gasteiger partial charge in [0.05, 0.1) is 20.3 Å². The van der Waals surface area contributed by atoms with Gasteiger partial charge in [-0.15, -0.1) is 0 Å². The Morgan fingerprint density at radius 2 is 1.76 bits per heavy atom. The first kappa shape index (κ1) is 25.0. The van der Waals surface area contributed by atoms with Gasteiger partial charge < -0.3 is 19.5 Å². The Balaban J connectivity index is 1.56. The number of amides is 1. The Labute approximate surface area is 224 Å². The third-order valence-electron chi connectivity index (χ3n) is 6.67. The Hall–Kier alpha value is -3.68. The smallest absolute Gasteiger partial charge is 0.273 e. The number of aromatic amines is 1. The molecule has 9 heteroatoms. The number of methoxy groups -OCH3 is 2. The summed E-state index contributed by atoms with van der Waals surface area (Å²) in [6.07, 6.45) is 0.588. The summed E-state index contributed by atoms with van der Waals surface area (Å²) < 4.78 is 10.8. The van der Waals surface area contributed by atoms with Crippen molar-refractivity contribution in [3.63, 3.8) is 0 Å². The van der Waals surface area contributed by atoms with E-state index in [1.807, 2.05) is 37.3 Å². The molecule has 0 unspecified atom stereocenters. The predicted octanol–water partition coefficient (Wildman–Crippen LogP) is 6.20. The number of fused-ring (bicyclic) bond motifs is 1. The van der Waals surface area contributed by atoms with Gasteiger partial charge in [0.1, 0.15) is 17.1 Å². The van der Waals surface area contributed by atoms with Crippen LogP contribution in [0.3, 0.4) is 0 Å². The van der Waals surface area contributed by atoms with Crippen molar-refractivity contribution in [2.75, 3.05) is 20.8 Å². The third kappa shape index (κ3) is 4.49. The van der Waals surface area contributed by atoms with E-state index in [-0.39, 0.29) is 11.7 Å². The minimum atomic E-state index is -0.437. The summed E-state index contributed by atoms with van der Waals surface area (Å²) in [5.74, 6) is 1.14. The molecule has 2 N–H and O–H groups in total. The molecule has 5 rings (SSSR count). The zero-order valence-corrected chi connectivity index (χ0v) is 22.0. The highest BCUT2D eigenvalue weighted by atomic mass is 35.5. The van der Waals surface area contributed by atoms with E-state index in [4.69, 9.17) is 32.7 Å². The number of carbonyl (C=O) groups is 1. The molecule has 3 aromatic carbocycles. The largest absolute Gasteiger partial charge is 0.507 e. The van der Waals surface area contributed by atoms with Gasteiger partial charge in [0.2, 0.25) is 0 Å². The van der Waals surface area contributed by atoms with Crippen molar-refractivity contribution >= 4 is 29.1 Å². The zero-order chi connectivity index (χ0) is 26.3. The Bertz CT molecular complexity index is 1480. The summed E-state index contributed by atoms with van der Waals surface area (Å²) in [5.41, 5.74) is 4.64. The van der Waals surface area contributed by atoms with E-state index < -0.39 is 6.04 Å². The summed E-state index contributed by atoms with van der Waals surface area (Å²) in [4.78, 5) is 15.4. The Morgan fingerprint density at radius 3 is 2.46 bits per heavy atom. The van der Waals surface area contributed by atoms with Crippen LogP contribution in [0.25, 0.3) is 11.3 Å². The Kier molecular flexibility index (Phi) is 6.75. The second-order valence-corrected chi connectivity index (χ2v) is 9.72. The number of aryl methyl sites for hydroxylation is 1. The molecular weight excluding hydrogens is 513 g/mol. The molecule has 0 saturated heterocycles. The monoisotopic (exact) mass is 537 g/mol. The lowest BCUT2D eigenvalue weighted by Gasteiger charge is -2.26. The number of rotatable bonds is 7. The van der Waals surface area contributed by atoms with Crippen molar-refractivity contribution in [2.24, 2.45) is 0 Å². The first-order chi connectivity index (χ1) is 17.8. The number of H-pyrrole nitrogens is 1. The molecule has 0 radical (unpaired) electrons. The second kappa shape index (κ2) is 10.00. The van der Waals surface area contributed by atoms with Crippen LogP contribution < -0.4 is 9.47 Å². The minimum Gasteiger partial charge on any atom is -0.507 e. The number of aromatic hydroxyl groups is 1. The summed E-state index contributed by atoms with van der Waals surface area (Å²) in [6, 6.07) is 16.0. The van der Waals surface area contributed by atoms with Gasteiger partial charge in [-0.1, -0.05) is 41.4 Å². The zero-order valence-electron chi connectivity index (χ0n) is 20.5. The molecule has 0 saturated carbocycles. The SMILES string of the molecule is COc1ccc(CCN2C(=O)c3[nH]nc(-c4cc(Cl)c(C)cc4O)c3[C@@H]2c2ccc(Cl)cc2)cc1OC. The molecule has 1 aliphatic rings. The number of phenolic OH excluding ortho intramolecular Hbond substituents is 1. The van der Waals surface area contributed by atoms with Gasteiger partial charge in [0.25, 0.3) is 5.91 Å². The normalized spacial score (nSPS) is 14.7. The van der Waals surface area contributed by atoms with E-state index in [9.17, 15) is 9.90 Å². The summed E-state index contributed by atoms with van der Waals surface area (Å²) in [6.45, 7) is 2.25. The molecule has 1 aliphatic heterocycles. The van der Waals surface area contributed by atoms with E-state index >= 15 is 0 Å². The van der Waals surface area contributed by atoms with E-state index in [2.05, 4.69) is 10.2 Å². The number of hydrogen-bond donors (Lipinski definition) is 2. The van der Waals surface area contributed by atoms with E-state index in [0.717, 1.165) is 16.7 Å². The first-order valence-corrected chi connectivity index (χ1v) is 12.4. The maximum absolute atomic E-state index is 13.6. The molecule has 37 heavy (non-hydrogen) atoms. The van der Waals surface area contributed by atoms with Crippen LogP contribution in [0, 0.1) is 6.92 Å². The third-order valence-corrected chi connectivity index (χ3v) is 7.33. The maximum atomic E-state index is 13.6. The lowest BCUT2D eigenvalue weighted by atomic mass is 9.95. The molecule has 0 spiro atoms. The average Bonchev–Trinajstić information content (AvgIpc) is 3.44. The van der Waals surface area contributed by atoms with Gasteiger partial charge in [0.15, 0.2) is 11.5 Å². The van der Waals surface area contributed by atoms with Gasteiger partial charge in [0, 0.05) is 27.7 Å². The molecular formula is C28H25Cl2N3O4. The fourth-order valence-electron chi connectivity index (χ4n) is 4.77. The maximum Gasteiger partial charge on any atom is 0.273 e. The van der Waals surface area contributed by atoms with Gasteiger partial charge >= 0.3 is 0 Å². The Morgan fingerprint density at radius 1 is 1.03 bits per heavy atom. The van der Waals surface area contributed by atoms with Crippen LogP contribution in [-0.4, -0.2) is 46.9 Å². The van der Waals surface area contributed by atoms with Crippen LogP contribution in [0.5, 0.6) is 17.2 Å². The number of aromatic nitrogens is 2. The van der Waals surface area contributed by atoms with E-state index in [1.165, 1.54) is 0 Å². The molecule has 190 valence electrons. The summed E-state index contributed by atoms with van der Waals surface area (Å²) >= 11 is 12.6. The van der Waals surface area contributed by atoms with Gasteiger partial charge in [-0.05, 0) is 66.4 Å². The second-order valence-electron chi connectivity index (χ2n) is 8.87. The van der Waals surface area contributed by atoms with Gasteiger partial charge in [-0.2, -0.15) is 5.10 Å².